The van der Waals surface area contributed by atoms with Gasteiger partial charge in [0, 0.05) is 18.7 Å². The number of carbonyl (C=O) groups excluding carboxylic acids is 1. The molecule has 0 saturated carbocycles. The molecule has 4 nitrogen and oxygen atoms in total. The van der Waals surface area contributed by atoms with E-state index in [0.29, 0.717) is 12.4 Å². The second kappa shape index (κ2) is 5.21. The van der Waals surface area contributed by atoms with Crippen molar-refractivity contribution < 1.29 is 4.79 Å². The summed E-state index contributed by atoms with van der Waals surface area (Å²) in [5, 5.41) is 2.68. The van der Waals surface area contributed by atoms with Crippen molar-refractivity contribution in [3.05, 3.63) is 48.4 Å². The van der Waals surface area contributed by atoms with Crippen molar-refractivity contribution in [3.63, 3.8) is 0 Å². The second-order valence-electron chi connectivity index (χ2n) is 3.63. The van der Waals surface area contributed by atoms with Crippen molar-refractivity contribution in [2.45, 2.75) is 13.5 Å². The van der Waals surface area contributed by atoms with Crippen molar-refractivity contribution in [2.75, 3.05) is 0 Å². The standard InChI is InChI=1S/C13H13N3O/c1-10(17)15-9-13-14-8-7-12(16-13)11-5-3-2-4-6-11/h2-8H,9H2,1H3,(H,15,17). The van der Waals surface area contributed by atoms with E-state index >= 15 is 0 Å². The number of amides is 1. The number of hydrogen-bond donors (Lipinski definition) is 1. The highest BCUT2D eigenvalue weighted by Crippen LogP contribution is 2.15. The van der Waals surface area contributed by atoms with Crippen LogP contribution in [0.3, 0.4) is 0 Å². The van der Waals surface area contributed by atoms with Crippen molar-refractivity contribution in [1.82, 2.24) is 15.3 Å². The lowest BCUT2D eigenvalue weighted by Gasteiger charge is -2.04. The third kappa shape index (κ3) is 3.11. The van der Waals surface area contributed by atoms with Gasteiger partial charge in [0.25, 0.3) is 0 Å². The van der Waals surface area contributed by atoms with Crippen molar-refractivity contribution >= 4 is 5.91 Å². The van der Waals surface area contributed by atoms with Crippen LogP contribution in [-0.4, -0.2) is 15.9 Å². The van der Waals surface area contributed by atoms with Gasteiger partial charge in [-0.25, -0.2) is 9.97 Å². The molecular weight excluding hydrogens is 214 g/mol. The van der Waals surface area contributed by atoms with Gasteiger partial charge in [-0.05, 0) is 6.07 Å². The van der Waals surface area contributed by atoms with Crippen LogP contribution in [-0.2, 0) is 11.3 Å². The van der Waals surface area contributed by atoms with Gasteiger partial charge in [-0.2, -0.15) is 0 Å². The van der Waals surface area contributed by atoms with Crippen LogP contribution in [0, 0.1) is 0 Å². The normalized spacial score (nSPS) is 9.94. The van der Waals surface area contributed by atoms with E-state index in [1.807, 2.05) is 36.4 Å². The molecule has 0 spiro atoms. The number of hydrogen-bond acceptors (Lipinski definition) is 3. The Morgan fingerprint density at radius 3 is 2.71 bits per heavy atom. The Bertz CT molecular complexity index is 511. The van der Waals surface area contributed by atoms with Gasteiger partial charge in [-0.3, -0.25) is 4.79 Å². The highest BCUT2D eigenvalue weighted by atomic mass is 16.1. The molecule has 0 radical (unpaired) electrons. The summed E-state index contributed by atoms with van der Waals surface area (Å²) < 4.78 is 0. The van der Waals surface area contributed by atoms with E-state index in [4.69, 9.17) is 0 Å². The number of rotatable bonds is 3. The number of carbonyl (C=O) groups is 1. The number of nitrogens with one attached hydrogen (secondary N) is 1. The fourth-order valence-electron chi connectivity index (χ4n) is 1.46. The third-order valence-electron chi connectivity index (χ3n) is 2.27. The minimum absolute atomic E-state index is 0.0845. The molecule has 0 atom stereocenters. The maximum absolute atomic E-state index is 10.8. The highest BCUT2D eigenvalue weighted by Gasteiger charge is 2.02. The van der Waals surface area contributed by atoms with Crippen LogP contribution in [0.4, 0.5) is 0 Å². The lowest BCUT2D eigenvalue weighted by Crippen LogP contribution is -2.20. The van der Waals surface area contributed by atoms with Crippen LogP contribution in [0.5, 0.6) is 0 Å². The summed E-state index contributed by atoms with van der Waals surface area (Å²) in [6.07, 6.45) is 1.70. The van der Waals surface area contributed by atoms with Gasteiger partial charge >= 0.3 is 0 Å². The summed E-state index contributed by atoms with van der Waals surface area (Å²) in [6.45, 7) is 1.83. The van der Waals surface area contributed by atoms with Crippen LogP contribution in [0.25, 0.3) is 11.3 Å². The van der Waals surface area contributed by atoms with E-state index < -0.39 is 0 Å². The zero-order valence-corrected chi connectivity index (χ0v) is 9.55. The Morgan fingerprint density at radius 1 is 1.24 bits per heavy atom. The first-order chi connectivity index (χ1) is 8.25. The molecule has 1 aromatic carbocycles. The third-order valence-corrected chi connectivity index (χ3v) is 2.27. The first kappa shape index (κ1) is 11.3. The van der Waals surface area contributed by atoms with Crippen molar-refractivity contribution in [2.24, 2.45) is 0 Å². The average Bonchev–Trinajstić information content (AvgIpc) is 2.38. The van der Waals surface area contributed by atoms with Gasteiger partial charge in [-0.1, -0.05) is 30.3 Å². The predicted octanol–water partition coefficient (Wildman–Crippen LogP) is 1.78. The second-order valence-corrected chi connectivity index (χ2v) is 3.63. The van der Waals surface area contributed by atoms with Crippen molar-refractivity contribution in [3.8, 4) is 11.3 Å². The largest absolute Gasteiger partial charge is 0.349 e. The molecular formula is C13H13N3O. The maximum Gasteiger partial charge on any atom is 0.217 e. The summed E-state index contributed by atoms with van der Waals surface area (Å²) in [6, 6.07) is 11.7. The molecule has 0 saturated heterocycles. The van der Waals surface area contributed by atoms with Crippen LogP contribution in [0.15, 0.2) is 42.6 Å². The average molecular weight is 227 g/mol. The van der Waals surface area contributed by atoms with Crippen molar-refractivity contribution in [1.29, 1.82) is 0 Å². The Balaban J connectivity index is 2.20. The van der Waals surface area contributed by atoms with Gasteiger partial charge < -0.3 is 5.32 Å². The van der Waals surface area contributed by atoms with Crippen LogP contribution >= 0.6 is 0 Å². The van der Waals surface area contributed by atoms with E-state index in [-0.39, 0.29) is 5.91 Å². The van der Waals surface area contributed by atoms with Crippen LogP contribution in [0.2, 0.25) is 0 Å². The lowest BCUT2D eigenvalue weighted by molar-refractivity contribution is -0.119. The fourth-order valence-corrected chi connectivity index (χ4v) is 1.46. The zero-order valence-electron chi connectivity index (χ0n) is 9.55. The molecule has 1 aromatic heterocycles. The first-order valence-electron chi connectivity index (χ1n) is 5.37. The van der Waals surface area contributed by atoms with E-state index in [1.165, 1.54) is 6.92 Å². The highest BCUT2D eigenvalue weighted by molar-refractivity contribution is 5.72. The van der Waals surface area contributed by atoms with Gasteiger partial charge in [0.1, 0.15) is 5.82 Å². The number of aromatic nitrogens is 2. The van der Waals surface area contributed by atoms with E-state index in [2.05, 4.69) is 15.3 Å². The molecule has 0 aliphatic rings. The van der Waals surface area contributed by atoms with Gasteiger partial charge in [0.2, 0.25) is 5.91 Å². The molecule has 0 bridgehead atoms. The minimum Gasteiger partial charge on any atom is -0.349 e. The zero-order chi connectivity index (χ0) is 12.1. The molecule has 1 heterocycles. The number of benzene rings is 1. The number of nitrogens with zero attached hydrogens (tertiary/aromatic N) is 2. The Kier molecular flexibility index (Phi) is 3.45. The van der Waals surface area contributed by atoms with E-state index in [0.717, 1.165) is 11.3 Å². The molecule has 17 heavy (non-hydrogen) atoms. The molecule has 0 fully saturated rings. The summed E-state index contributed by atoms with van der Waals surface area (Å²) in [4.78, 5) is 19.3. The smallest absolute Gasteiger partial charge is 0.217 e. The summed E-state index contributed by atoms with van der Waals surface area (Å²) in [5.74, 6) is 0.528. The van der Waals surface area contributed by atoms with E-state index in [9.17, 15) is 4.79 Å². The van der Waals surface area contributed by atoms with Crippen LogP contribution in [0.1, 0.15) is 12.7 Å². The Hall–Kier alpha value is -2.23. The minimum atomic E-state index is -0.0845. The lowest BCUT2D eigenvalue weighted by atomic mass is 10.1. The molecule has 1 amide bonds. The van der Waals surface area contributed by atoms with Gasteiger partial charge in [-0.15, -0.1) is 0 Å². The van der Waals surface area contributed by atoms with E-state index in [1.54, 1.807) is 6.20 Å². The fraction of sp³-hybridized carbons (Fsp3) is 0.154. The monoisotopic (exact) mass is 227 g/mol. The summed E-state index contributed by atoms with van der Waals surface area (Å²) in [5.41, 5.74) is 1.90. The SMILES string of the molecule is CC(=O)NCc1nccc(-c2ccccc2)n1. The topological polar surface area (TPSA) is 54.9 Å². The maximum atomic E-state index is 10.8. The molecule has 0 aliphatic carbocycles. The van der Waals surface area contributed by atoms with Gasteiger partial charge in [0.05, 0.1) is 12.2 Å². The Labute approximate surface area is 99.7 Å². The van der Waals surface area contributed by atoms with Gasteiger partial charge in [0.15, 0.2) is 0 Å². The Morgan fingerprint density at radius 2 is 2.00 bits per heavy atom. The quantitative estimate of drug-likeness (QED) is 0.869. The molecule has 2 rings (SSSR count). The molecule has 0 aliphatic heterocycles. The molecule has 86 valence electrons. The molecule has 0 unspecified atom stereocenters. The summed E-state index contributed by atoms with van der Waals surface area (Å²) >= 11 is 0. The first-order valence-corrected chi connectivity index (χ1v) is 5.37. The molecule has 4 heteroatoms. The molecule has 2 aromatic rings. The molecule has 1 N–H and O–H groups in total. The summed E-state index contributed by atoms with van der Waals surface area (Å²) in [7, 11) is 0. The predicted molar refractivity (Wildman–Crippen MR) is 65.0 cm³/mol. The van der Waals surface area contributed by atoms with Crippen LogP contribution < -0.4 is 5.32 Å².